The van der Waals surface area contributed by atoms with Gasteiger partial charge in [0, 0.05) is 18.7 Å². The van der Waals surface area contributed by atoms with E-state index in [0.717, 1.165) is 27.6 Å². The summed E-state index contributed by atoms with van der Waals surface area (Å²) in [6.07, 6.45) is 0. The van der Waals surface area contributed by atoms with Crippen molar-refractivity contribution in [2.24, 2.45) is 0 Å². The van der Waals surface area contributed by atoms with E-state index in [-0.39, 0.29) is 31.1 Å². The summed E-state index contributed by atoms with van der Waals surface area (Å²) in [6.45, 7) is 6.82. The maximum atomic E-state index is 13.4. The zero-order valence-electron chi connectivity index (χ0n) is 19.9. The van der Waals surface area contributed by atoms with E-state index in [4.69, 9.17) is 4.74 Å². The molecule has 0 spiro atoms. The molecule has 4 rings (SSSR count). The van der Waals surface area contributed by atoms with E-state index in [1.165, 1.54) is 16.8 Å². The normalized spacial score (nSPS) is 11.3. The van der Waals surface area contributed by atoms with Crippen molar-refractivity contribution < 1.29 is 13.9 Å². The van der Waals surface area contributed by atoms with Crippen molar-refractivity contribution in [1.29, 1.82) is 0 Å². The number of fused-ring (bicyclic) bond motifs is 1. The second-order valence-corrected chi connectivity index (χ2v) is 8.50. The number of aromatic amines is 1. The number of nitrogens with zero attached hydrogens (tertiary/aromatic N) is 5. The third-order valence-corrected chi connectivity index (χ3v) is 5.64. The van der Waals surface area contributed by atoms with Crippen LogP contribution >= 0.6 is 0 Å². The zero-order valence-corrected chi connectivity index (χ0v) is 19.9. The van der Waals surface area contributed by atoms with E-state index >= 15 is 0 Å². The Morgan fingerprint density at radius 2 is 1.89 bits per heavy atom. The number of aryl methyl sites for hydroxylation is 2. The van der Waals surface area contributed by atoms with E-state index in [0.29, 0.717) is 24.5 Å². The lowest BCUT2D eigenvalue weighted by atomic mass is 10.0. The van der Waals surface area contributed by atoms with Gasteiger partial charge in [-0.2, -0.15) is 0 Å². The lowest BCUT2D eigenvalue weighted by molar-refractivity contribution is -0.144. The molecular weight excluding hydrogens is 451 g/mol. The number of tetrazole rings is 1. The number of carbonyl (C=O) groups excluding carboxylic acids is 1. The Labute approximate surface area is 201 Å². The molecule has 0 unspecified atom stereocenters. The first-order chi connectivity index (χ1) is 16.8. The number of ether oxygens (including phenoxy) is 1. The highest BCUT2D eigenvalue weighted by Gasteiger charge is 2.18. The van der Waals surface area contributed by atoms with Gasteiger partial charge in [0.1, 0.15) is 12.4 Å². The predicted octanol–water partition coefficient (Wildman–Crippen LogP) is 3.04. The predicted molar refractivity (Wildman–Crippen MR) is 128 cm³/mol. The molecule has 0 amide bonds. The van der Waals surface area contributed by atoms with Crippen LogP contribution in [0, 0.1) is 19.7 Å². The third kappa shape index (κ3) is 5.96. The summed E-state index contributed by atoms with van der Waals surface area (Å²) >= 11 is 0. The van der Waals surface area contributed by atoms with Crippen LogP contribution < -0.4 is 5.56 Å². The number of nitrogens with one attached hydrogen (secondary N) is 1. The summed E-state index contributed by atoms with van der Waals surface area (Å²) in [6, 6.07) is 12.1. The molecule has 0 aliphatic carbocycles. The van der Waals surface area contributed by atoms with E-state index < -0.39 is 5.97 Å². The van der Waals surface area contributed by atoms with Gasteiger partial charge in [0.2, 0.25) is 0 Å². The Morgan fingerprint density at radius 1 is 1.11 bits per heavy atom. The monoisotopic (exact) mass is 478 g/mol. The van der Waals surface area contributed by atoms with Crippen LogP contribution in [0.3, 0.4) is 0 Å². The van der Waals surface area contributed by atoms with E-state index in [2.05, 4.69) is 20.5 Å². The van der Waals surface area contributed by atoms with Gasteiger partial charge in [-0.25, -0.2) is 9.07 Å². The minimum atomic E-state index is -0.442. The number of hydrogen-bond donors (Lipinski definition) is 1. The number of H-pyrrole nitrogens is 1. The molecule has 10 heteroatoms. The zero-order chi connectivity index (χ0) is 24.9. The van der Waals surface area contributed by atoms with Gasteiger partial charge in [0.05, 0.1) is 18.7 Å². The number of benzene rings is 2. The van der Waals surface area contributed by atoms with Crippen LogP contribution in [0.5, 0.6) is 0 Å². The fraction of sp³-hybridized carbons (Fsp3) is 0.320. The van der Waals surface area contributed by atoms with Crippen LogP contribution in [-0.4, -0.2) is 42.7 Å². The molecule has 0 saturated heterocycles. The first kappa shape index (κ1) is 24.2. The standard InChI is InChI=1S/C25H27FN6O3/c1-4-35-23(33)15-32-22(28-29-30-32)14-31(12-18-5-7-21(26)8-6-18)13-20-11-19-10-16(2)9-17(3)24(19)27-25(20)34/h5-11H,4,12-15H2,1-3H3,(H,27,34). The molecular formula is C25H27FN6O3. The first-order valence-electron chi connectivity index (χ1n) is 11.3. The van der Waals surface area contributed by atoms with Crippen molar-refractivity contribution in [3.05, 3.63) is 86.7 Å². The van der Waals surface area contributed by atoms with Gasteiger partial charge in [-0.05, 0) is 72.0 Å². The number of esters is 1. The molecule has 0 aliphatic heterocycles. The molecule has 0 fully saturated rings. The smallest absolute Gasteiger partial charge is 0.327 e. The van der Waals surface area contributed by atoms with Crippen LogP contribution in [0.4, 0.5) is 4.39 Å². The van der Waals surface area contributed by atoms with Gasteiger partial charge in [-0.15, -0.1) is 5.10 Å². The second kappa shape index (κ2) is 10.6. The van der Waals surface area contributed by atoms with Crippen molar-refractivity contribution in [3.63, 3.8) is 0 Å². The minimum absolute atomic E-state index is 0.115. The lowest BCUT2D eigenvalue weighted by Crippen LogP contribution is -2.28. The molecule has 1 N–H and O–H groups in total. The summed E-state index contributed by atoms with van der Waals surface area (Å²) in [5.74, 6) is -0.317. The molecule has 0 atom stereocenters. The molecule has 2 aromatic heterocycles. The van der Waals surface area contributed by atoms with Crippen molar-refractivity contribution >= 4 is 16.9 Å². The minimum Gasteiger partial charge on any atom is -0.465 e. The van der Waals surface area contributed by atoms with E-state index in [9.17, 15) is 14.0 Å². The number of carbonyl (C=O) groups is 1. The number of aromatic nitrogens is 5. The Bertz CT molecular complexity index is 1400. The number of rotatable bonds is 9. The maximum absolute atomic E-state index is 13.4. The Kier molecular flexibility index (Phi) is 7.31. The van der Waals surface area contributed by atoms with Crippen molar-refractivity contribution in [2.75, 3.05) is 6.61 Å². The molecule has 2 aromatic carbocycles. The average Bonchev–Trinajstić information content (AvgIpc) is 3.23. The lowest BCUT2D eigenvalue weighted by Gasteiger charge is -2.22. The fourth-order valence-electron chi connectivity index (χ4n) is 4.09. The average molecular weight is 479 g/mol. The summed E-state index contributed by atoms with van der Waals surface area (Å²) in [5.41, 5.74) is 4.18. The van der Waals surface area contributed by atoms with Gasteiger partial charge in [-0.1, -0.05) is 23.8 Å². The van der Waals surface area contributed by atoms with Crippen LogP contribution in [0.1, 0.15) is 35.0 Å². The molecule has 0 saturated carbocycles. The van der Waals surface area contributed by atoms with Crippen molar-refractivity contribution in [3.8, 4) is 0 Å². The quantitative estimate of drug-likeness (QED) is 0.369. The summed E-state index contributed by atoms with van der Waals surface area (Å²) < 4.78 is 19.8. The van der Waals surface area contributed by atoms with Gasteiger partial charge in [-0.3, -0.25) is 14.5 Å². The Hall–Kier alpha value is -3.92. The van der Waals surface area contributed by atoms with E-state index in [1.807, 2.05) is 36.9 Å². The van der Waals surface area contributed by atoms with Crippen molar-refractivity contribution in [1.82, 2.24) is 30.1 Å². The molecule has 182 valence electrons. The fourth-order valence-corrected chi connectivity index (χ4v) is 4.09. The summed E-state index contributed by atoms with van der Waals surface area (Å²) in [7, 11) is 0. The van der Waals surface area contributed by atoms with Gasteiger partial charge in [0.25, 0.3) is 5.56 Å². The molecule has 2 heterocycles. The van der Waals surface area contributed by atoms with Crippen LogP contribution in [-0.2, 0) is 35.7 Å². The van der Waals surface area contributed by atoms with E-state index in [1.54, 1.807) is 19.1 Å². The number of hydrogen-bond acceptors (Lipinski definition) is 7. The molecule has 0 bridgehead atoms. The molecule has 0 radical (unpaired) electrons. The first-order valence-corrected chi connectivity index (χ1v) is 11.3. The highest BCUT2D eigenvalue weighted by molar-refractivity contribution is 5.82. The molecule has 35 heavy (non-hydrogen) atoms. The number of pyridine rings is 1. The van der Waals surface area contributed by atoms with Gasteiger partial charge >= 0.3 is 5.97 Å². The topological polar surface area (TPSA) is 106 Å². The highest BCUT2D eigenvalue weighted by Crippen LogP contribution is 2.19. The molecule has 4 aromatic rings. The highest BCUT2D eigenvalue weighted by atomic mass is 19.1. The summed E-state index contributed by atoms with van der Waals surface area (Å²) in [4.78, 5) is 29.9. The Morgan fingerprint density at radius 3 is 2.63 bits per heavy atom. The third-order valence-electron chi connectivity index (χ3n) is 5.64. The molecule has 0 aliphatic rings. The van der Waals surface area contributed by atoms with Gasteiger partial charge < -0.3 is 9.72 Å². The van der Waals surface area contributed by atoms with Crippen LogP contribution in [0.15, 0.2) is 47.3 Å². The SMILES string of the molecule is CCOC(=O)Cn1nnnc1CN(Cc1ccc(F)cc1)Cc1cc2cc(C)cc(C)c2[nH]c1=O. The number of halogens is 1. The summed E-state index contributed by atoms with van der Waals surface area (Å²) in [5, 5.41) is 12.6. The largest absolute Gasteiger partial charge is 0.465 e. The van der Waals surface area contributed by atoms with Crippen molar-refractivity contribution in [2.45, 2.75) is 47.0 Å². The second-order valence-electron chi connectivity index (χ2n) is 8.50. The van der Waals surface area contributed by atoms with Crippen LogP contribution in [0.2, 0.25) is 0 Å². The van der Waals surface area contributed by atoms with Crippen LogP contribution in [0.25, 0.3) is 10.9 Å². The Balaban J connectivity index is 1.65. The molecule has 9 nitrogen and oxygen atoms in total. The van der Waals surface area contributed by atoms with Gasteiger partial charge in [0.15, 0.2) is 5.82 Å². The maximum Gasteiger partial charge on any atom is 0.327 e.